The van der Waals surface area contributed by atoms with Gasteiger partial charge in [0.15, 0.2) is 11.5 Å². The van der Waals surface area contributed by atoms with Crippen LogP contribution >= 0.6 is 11.3 Å². The lowest BCUT2D eigenvalue weighted by molar-refractivity contribution is 0.237. The predicted molar refractivity (Wildman–Crippen MR) is 149 cm³/mol. The number of rotatable bonds is 7. The highest BCUT2D eigenvalue weighted by Gasteiger charge is 2.18. The molecule has 9 nitrogen and oxygen atoms in total. The molecule has 1 fully saturated rings. The van der Waals surface area contributed by atoms with Crippen LogP contribution in [0, 0.1) is 6.92 Å². The molecule has 0 radical (unpaired) electrons. The van der Waals surface area contributed by atoms with E-state index in [-0.39, 0.29) is 0 Å². The summed E-state index contributed by atoms with van der Waals surface area (Å²) in [5.41, 5.74) is 5.90. The van der Waals surface area contributed by atoms with E-state index >= 15 is 0 Å². The average molecular weight is 523 g/mol. The summed E-state index contributed by atoms with van der Waals surface area (Å²) in [4.78, 5) is 26.8. The highest BCUT2D eigenvalue weighted by Crippen LogP contribution is 2.34. The number of pyridine rings is 3. The van der Waals surface area contributed by atoms with Gasteiger partial charge in [0, 0.05) is 41.1 Å². The maximum atomic E-state index is 6.02. The molecule has 6 aromatic heterocycles. The van der Waals surface area contributed by atoms with Crippen molar-refractivity contribution in [3.63, 3.8) is 0 Å². The van der Waals surface area contributed by atoms with Crippen molar-refractivity contribution < 1.29 is 4.74 Å². The predicted octanol–water partition coefficient (Wildman–Crippen LogP) is 5.47. The molecule has 0 amide bonds. The molecule has 0 bridgehead atoms. The third-order valence-corrected chi connectivity index (χ3v) is 7.94. The maximum absolute atomic E-state index is 6.02. The first-order valence-electron chi connectivity index (χ1n) is 12.8. The molecule has 6 aromatic rings. The number of H-pyrrole nitrogens is 2. The normalized spacial score (nSPS) is 14.1. The lowest BCUT2D eigenvalue weighted by Gasteiger charge is -2.15. The Hall–Kier alpha value is -4.15. The monoisotopic (exact) mass is 522 g/mol. The summed E-state index contributed by atoms with van der Waals surface area (Å²) in [6.07, 6.45) is 9.79. The fourth-order valence-corrected chi connectivity index (χ4v) is 5.85. The summed E-state index contributed by atoms with van der Waals surface area (Å²) in [6.45, 7) is 6.02. The Morgan fingerprint density at radius 2 is 1.89 bits per heavy atom. The lowest BCUT2D eigenvalue weighted by atomic mass is 10.1. The Kier molecular flexibility index (Phi) is 5.82. The second-order valence-electron chi connectivity index (χ2n) is 9.55. The number of fused-ring (bicyclic) bond motifs is 2. The van der Waals surface area contributed by atoms with Crippen molar-refractivity contribution in [2.24, 2.45) is 0 Å². The number of aromatic nitrogens is 7. The fourth-order valence-electron chi connectivity index (χ4n) is 4.99. The van der Waals surface area contributed by atoms with Crippen LogP contribution in [0.1, 0.15) is 17.7 Å². The van der Waals surface area contributed by atoms with E-state index in [2.05, 4.69) is 60.2 Å². The zero-order valence-electron chi connectivity index (χ0n) is 20.9. The summed E-state index contributed by atoms with van der Waals surface area (Å²) in [5, 5.41) is 8.48. The molecule has 7 heterocycles. The molecular weight excluding hydrogens is 496 g/mol. The van der Waals surface area contributed by atoms with E-state index in [0.29, 0.717) is 23.8 Å². The minimum atomic E-state index is 0.655. The van der Waals surface area contributed by atoms with E-state index in [4.69, 9.17) is 9.72 Å². The standard InChI is InChI=1S/C28H26N8OS/c1-17-4-5-23(38-17)26-25-22(6-7-30-26)32-28(33-25)24-21-13-19(15-31-27(21)35-34-24)18-12-20(16-29-14-18)37-11-10-36-8-2-3-9-36/h4-7,12-16H,2-3,8-11H2,1H3,(H,32,33)(H,31,34,35). The number of imidazole rings is 1. The van der Waals surface area contributed by atoms with Crippen LogP contribution < -0.4 is 4.74 Å². The third-order valence-electron chi connectivity index (χ3n) is 6.94. The van der Waals surface area contributed by atoms with E-state index in [1.165, 1.54) is 17.7 Å². The van der Waals surface area contributed by atoms with Crippen LogP contribution in [-0.2, 0) is 0 Å². The molecule has 2 N–H and O–H groups in total. The van der Waals surface area contributed by atoms with Crippen molar-refractivity contribution in [3.8, 4) is 39.0 Å². The van der Waals surface area contributed by atoms with Gasteiger partial charge in [0.2, 0.25) is 0 Å². The topological polar surface area (TPSA) is 108 Å². The van der Waals surface area contributed by atoms with E-state index < -0.39 is 0 Å². The molecule has 1 saturated heterocycles. The molecular formula is C28H26N8OS. The Labute approximate surface area is 223 Å². The van der Waals surface area contributed by atoms with E-state index in [1.807, 2.05) is 30.7 Å². The zero-order valence-corrected chi connectivity index (χ0v) is 21.8. The zero-order chi connectivity index (χ0) is 25.5. The molecule has 190 valence electrons. The van der Waals surface area contributed by atoms with Gasteiger partial charge in [-0.25, -0.2) is 9.97 Å². The summed E-state index contributed by atoms with van der Waals surface area (Å²) in [7, 11) is 0. The second-order valence-corrected chi connectivity index (χ2v) is 10.8. The van der Waals surface area contributed by atoms with Crippen LogP contribution in [0.5, 0.6) is 5.75 Å². The van der Waals surface area contributed by atoms with Crippen molar-refractivity contribution in [3.05, 3.63) is 60.0 Å². The molecule has 1 aliphatic rings. The summed E-state index contributed by atoms with van der Waals surface area (Å²) < 4.78 is 6.02. The number of hydrogen-bond donors (Lipinski definition) is 2. The van der Waals surface area contributed by atoms with Gasteiger partial charge in [0.1, 0.15) is 29.3 Å². The Bertz CT molecular complexity index is 1750. The van der Waals surface area contributed by atoms with Crippen LogP contribution in [0.25, 0.3) is 55.3 Å². The third kappa shape index (κ3) is 4.31. The number of aromatic amines is 2. The number of likely N-dealkylation sites (tertiary alicyclic amines) is 1. The summed E-state index contributed by atoms with van der Waals surface area (Å²) in [5.74, 6) is 1.43. The number of nitrogens with one attached hydrogen (secondary N) is 2. The number of aryl methyl sites for hydroxylation is 1. The minimum absolute atomic E-state index is 0.655. The van der Waals surface area contributed by atoms with Crippen LogP contribution in [-0.4, -0.2) is 66.3 Å². The van der Waals surface area contributed by atoms with Gasteiger partial charge >= 0.3 is 0 Å². The van der Waals surface area contributed by atoms with Crippen LogP contribution in [0.15, 0.2) is 55.1 Å². The number of hydrogen-bond acceptors (Lipinski definition) is 8. The van der Waals surface area contributed by atoms with Gasteiger partial charge in [-0.05, 0) is 63.2 Å². The molecule has 0 spiro atoms. The molecule has 0 aromatic carbocycles. The molecule has 0 unspecified atom stereocenters. The molecule has 7 rings (SSSR count). The first kappa shape index (κ1) is 23.0. The molecule has 0 atom stereocenters. The first-order valence-corrected chi connectivity index (χ1v) is 13.6. The van der Waals surface area contributed by atoms with Crippen molar-refractivity contribution >= 4 is 33.4 Å². The molecule has 10 heteroatoms. The van der Waals surface area contributed by atoms with E-state index in [1.54, 1.807) is 17.5 Å². The van der Waals surface area contributed by atoms with Gasteiger partial charge in [-0.1, -0.05) is 0 Å². The summed E-state index contributed by atoms with van der Waals surface area (Å²) in [6, 6.07) is 10.2. The Morgan fingerprint density at radius 1 is 1.00 bits per heavy atom. The fraction of sp³-hybridized carbons (Fsp3) is 0.250. The Morgan fingerprint density at radius 3 is 2.76 bits per heavy atom. The van der Waals surface area contributed by atoms with Crippen LogP contribution in [0.4, 0.5) is 0 Å². The molecule has 0 saturated carbocycles. The van der Waals surface area contributed by atoms with Gasteiger partial charge in [0.05, 0.1) is 22.0 Å². The lowest BCUT2D eigenvalue weighted by Crippen LogP contribution is -2.25. The van der Waals surface area contributed by atoms with Crippen molar-refractivity contribution in [2.75, 3.05) is 26.2 Å². The maximum Gasteiger partial charge on any atom is 0.159 e. The van der Waals surface area contributed by atoms with Crippen molar-refractivity contribution in [1.82, 2.24) is 40.0 Å². The minimum Gasteiger partial charge on any atom is -0.491 e. The number of thiophene rings is 1. The summed E-state index contributed by atoms with van der Waals surface area (Å²) >= 11 is 1.71. The SMILES string of the molecule is Cc1ccc(-c2nccc3[nH]c(-c4n[nH]c5ncc(-c6cncc(OCCN7CCCC7)c6)cc45)nc23)s1. The smallest absolute Gasteiger partial charge is 0.159 e. The molecule has 1 aliphatic heterocycles. The van der Waals surface area contributed by atoms with Crippen LogP contribution in [0.3, 0.4) is 0 Å². The molecule has 38 heavy (non-hydrogen) atoms. The van der Waals surface area contributed by atoms with Gasteiger partial charge in [-0.15, -0.1) is 11.3 Å². The van der Waals surface area contributed by atoms with Gasteiger partial charge in [0.25, 0.3) is 0 Å². The quantitative estimate of drug-likeness (QED) is 0.286. The largest absolute Gasteiger partial charge is 0.491 e. The molecule has 0 aliphatic carbocycles. The van der Waals surface area contributed by atoms with E-state index in [9.17, 15) is 0 Å². The van der Waals surface area contributed by atoms with Crippen LogP contribution in [0.2, 0.25) is 0 Å². The van der Waals surface area contributed by atoms with Gasteiger partial charge in [-0.2, -0.15) is 5.10 Å². The second kappa shape index (κ2) is 9.62. The number of ether oxygens (including phenoxy) is 1. The van der Waals surface area contributed by atoms with Gasteiger partial charge < -0.3 is 9.72 Å². The first-order chi connectivity index (χ1) is 18.7. The Balaban J connectivity index is 1.20. The van der Waals surface area contributed by atoms with E-state index in [0.717, 1.165) is 63.5 Å². The highest BCUT2D eigenvalue weighted by atomic mass is 32.1. The number of nitrogens with zero attached hydrogens (tertiary/aromatic N) is 6. The van der Waals surface area contributed by atoms with Crippen molar-refractivity contribution in [2.45, 2.75) is 19.8 Å². The van der Waals surface area contributed by atoms with Crippen molar-refractivity contribution in [1.29, 1.82) is 0 Å². The average Bonchev–Trinajstić information content (AvgIpc) is 3.74. The van der Waals surface area contributed by atoms with Gasteiger partial charge in [-0.3, -0.25) is 20.0 Å². The highest BCUT2D eigenvalue weighted by molar-refractivity contribution is 7.15.